The van der Waals surface area contributed by atoms with Gasteiger partial charge in [-0.2, -0.15) is 0 Å². The molecule has 0 unspecified atom stereocenters. The van der Waals surface area contributed by atoms with E-state index in [4.69, 9.17) is 4.74 Å². The van der Waals surface area contributed by atoms with Crippen LogP contribution >= 0.6 is 11.3 Å². The fourth-order valence-electron chi connectivity index (χ4n) is 2.26. The Hall–Kier alpha value is -2.01. The summed E-state index contributed by atoms with van der Waals surface area (Å²) in [6.07, 6.45) is 0. The number of aliphatic imine (C=N–C) groups is 1. The number of hydrogen-bond acceptors (Lipinski definition) is 3. The molecule has 0 atom stereocenters. The van der Waals surface area contributed by atoms with Crippen molar-refractivity contribution in [3.8, 4) is 5.75 Å². The lowest BCUT2D eigenvalue weighted by Gasteiger charge is -2.27. The molecule has 5 heteroatoms. The van der Waals surface area contributed by atoms with Crippen LogP contribution in [0, 0.1) is 0 Å². The largest absolute Gasteiger partial charge is 0.497 e. The first-order valence-electron chi connectivity index (χ1n) is 7.66. The van der Waals surface area contributed by atoms with Crippen LogP contribution in [0.1, 0.15) is 24.3 Å². The molecule has 1 heterocycles. The predicted molar refractivity (Wildman–Crippen MR) is 98.5 cm³/mol. The Kier molecular flexibility index (Phi) is 6.04. The molecule has 0 radical (unpaired) electrons. The van der Waals surface area contributed by atoms with Crippen LogP contribution < -0.4 is 15.4 Å². The number of nitrogens with one attached hydrogen (secondary N) is 2. The lowest BCUT2D eigenvalue weighted by molar-refractivity contribution is 0.411. The minimum atomic E-state index is -0.0326. The highest BCUT2D eigenvalue weighted by atomic mass is 32.1. The highest BCUT2D eigenvalue weighted by molar-refractivity contribution is 7.09. The molecule has 1 aromatic heterocycles. The second kappa shape index (κ2) is 8.02. The van der Waals surface area contributed by atoms with Gasteiger partial charge in [0.2, 0.25) is 0 Å². The molecule has 1 aromatic carbocycles. The lowest BCUT2D eigenvalue weighted by atomic mass is 9.84. The molecule has 0 aliphatic rings. The van der Waals surface area contributed by atoms with E-state index in [-0.39, 0.29) is 5.41 Å². The molecule has 0 aliphatic heterocycles. The molecule has 0 amide bonds. The van der Waals surface area contributed by atoms with E-state index in [2.05, 4.69) is 59.1 Å². The standard InChI is InChI=1S/C18H25N3OS/c1-18(2,14-7-5-8-15(11-14)22-4)13-21-17(19-3)20-12-16-9-6-10-23-16/h5-11H,12-13H2,1-4H3,(H2,19,20,21). The molecule has 0 aliphatic carbocycles. The predicted octanol–water partition coefficient (Wildman–Crippen LogP) is 3.40. The summed E-state index contributed by atoms with van der Waals surface area (Å²) in [7, 11) is 3.49. The van der Waals surface area contributed by atoms with E-state index in [0.717, 1.165) is 24.8 Å². The summed E-state index contributed by atoms with van der Waals surface area (Å²) >= 11 is 1.74. The Labute approximate surface area is 142 Å². The van der Waals surface area contributed by atoms with Crippen LogP contribution in [-0.4, -0.2) is 26.7 Å². The second-order valence-electron chi connectivity index (χ2n) is 5.97. The monoisotopic (exact) mass is 331 g/mol. The average molecular weight is 331 g/mol. The van der Waals surface area contributed by atoms with Crippen molar-refractivity contribution in [1.82, 2.24) is 10.6 Å². The third-order valence-corrected chi connectivity index (χ3v) is 4.66. The zero-order valence-electron chi connectivity index (χ0n) is 14.2. The van der Waals surface area contributed by atoms with Gasteiger partial charge in [0, 0.05) is 23.9 Å². The summed E-state index contributed by atoms with van der Waals surface area (Å²) in [4.78, 5) is 5.58. The van der Waals surface area contributed by atoms with Gasteiger partial charge in [0.05, 0.1) is 13.7 Å². The molecule has 0 spiro atoms. The minimum Gasteiger partial charge on any atom is -0.497 e. The van der Waals surface area contributed by atoms with Crippen molar-refractivity contribution in [3.63, 3.8) is 0 Å². The van der Waals surface area contributed by atoms with Crippen molar-refractivity contribution in [2.24, 2.45) is 4.99 Å². The van der Waals surface area contributed by atoms with Crippen LogP contribution in [0.25, 0.3) is 0 Å². The maximum absolute atomic E-state index is 5.32. The van der Waals surface area contributed by atoms with Gasteiger partial charge in [-0.1, -0.05) is 32.0 Å². The van der Waals surface area contributed by atoms with Gasteiger partial charge in [0.15, 0.2) is 5.96 Å². The van der Waals surface area contributed by atoms with Crippen molar-refractivity contribution >= 4 is 17.3 Å². The molecule has 23 heavy (non-hydrogen) atoms. The summed E-state index contributed by atoms with van der Waals surface area (Å²) in [6, 6.07) is 12.4. The second-order valence-corrected chi connectivity index (χ2v) is 7.01. The normalized spacial score (nSPS) is 12.1. The Morgan fingerprint density at radius 1 is 1.22 bits per heavy atom. The first kappa shape index (κ1) is 17.3. The van der Waals surface area contributed by atoms with E-state index >= 15 is 0 Å². The molecule has 2 N–H and O–H groups in total. The van der Waals surface area contributed by atoms with Crippen molar-refractivity contribution < 1.29 is 4.74 Å². The van der Waals surface area contributed by atoms with Crippen LogP contribution in [0.5, 0.6) is 5.75 Å². The van der Waals surface area contributed by atoms with E-state index in [9.17, 15) is 0 Å². The van der Waals surface area contributed by atoms with Crippen LogP contribution in [0.2, 0.25) is 0 Å². The van der Waals surface area contributed by atoms with Gasteiger partial charge >= 0.3 is 0 Å². The number of nitrogens with zero attached hydrogens (tertiary/aromatic N) is 1. The van der Waals surface area contributed by atoms with E-state index < -0.39 is 0 Å². The molecule has 2 rings (SSSR count). The Morgan fingerprint density at radius 2 is 2.04 bits per heavy atom. The quantitative estimate of drug-likeness (QED) is 0.630. The lowest BCUT2D eigenvalue weighted by Crippen LogP contribution is -2.43. The molecular weight excluding hydrogens is 306 g/mol. The van der Waals surface area contributed by atoms with Gasteiger partial charge in [-0.15, -0.1) is 11.3 Å². The van der Waals surface area contributed by atoms with E-state index in [1.165, 1.54) is 10.4 Å². The zero-order chi connectivity index (χ0) is 16.7. The van der Waals surface area contributed by atoms with Gasteiger partial charge in [-0.05, 0) is 29.1 Å². The molecule has 0 fully saturated rings. The number of methoxy groups -OCH3 is 1. The zero-order valence-corrected chi connectivity index (χ0v) is 15.0. The summed E-state index contributed by atoms with van der Waals surface area (Å²) in [5.74, 6) is 1.70. The third-order valence-electron chi connectivity index (χ3n) is 3.78. The molecule has 4 nitrogen and oxygen atoms in total. The third kappa shape index (κ3) is 4.99. The van der Waals surface area contributed by atoms with Crippen molar-refractivity contribution in [1.29, 1.82) is 0 Å². The molecular formula is C18H25N3OS. The molecule has 0 bridgehead atoms. The van der Waals surface area contributed by atoms with E-state index in [0.29, 0.717) is 0 Å². The minimum absolute atomic E-state index is 0.0326. The Morgan fingerprint density at radius 3 is 2.70 bits per heavy atom. The fourth-order valence-corrected chi connectivity index (χ4v) is 2.90. The highest BCUT2D eigenvalue weighted by Gasteiger charge is 2.21. The van der Waals surface area contributed by atoms with Crippen LogP contribution in [0.3, 0.4) is 0 Å². The topological polar surface area (TPSA) is 45.7 Å². The van der Waals surface area contributed by atoms with Crippen molar-refractivity contribution in [2.75, 3.05) is 20.7 Å². The van der Waals surface area contributed by atoms with Crippen molar-refractivity contribution in [2.45, 2.75) is 25.8 Å². The van der Waals surface area contributed by atoms with Gasteiger partial charge in [-0.3, -0.25) is 4.99 Å². The summed E-state index contributed by atoms with van der Waals surface area (Å²) in [5, 5.41) is 8.84. The number of hydrogen-bond donors (Lipinski definition) is 2. The van der Waals surface area contributed by atoms with Gasteiger partial charge in [0.1, 0.15) is 5.75 Å². The first-order chi connectivity index (χ1) is 11.0. The SMILES string of the molecule is CN=C(NCc1cccs1)NCC(C)(C)c1cccc(OC)c1. The van der Waals surface area contributed by atoms with E-state index in [1.54, 1.807) is 25.5 Å². The van der Waals surface area contributed by atoms with Gasteiger partial charge < -0.3 is 15.4 Å². The number of benzene rings is 1. The van der Waals surface area contributed by atoms with Gasteiger partial charge in [0.25, 0.3) is 0 Å². The molecule has 2 aromatic rings. The number of thiophene rings is 1. The van der Waals surface area contributed by atoms with E-state index in [1.807, 2.05) is 12.1 Å². The fraction of sp³-hybridized carbons (Fsp3) is 0.389. The molecule has 0 saturated carbocycles. The molecule has 0 saturated heterocycles. The summed E-state index contributed by atoms with van der Waals surface area (Å²) < 4.78 is 5.32. The Bertz CT molecular complexity index is 635. The highest BCUT2D eigenvalue weighted by Crippen LogP contribution is 2.25. The number of guanidine groups is 1. The maximum atomic E-state index is 5.32. The van der Waals surface area contributed by atoms with Crippen LogP contribution in [0.15, 0.2) is 46.8 Å². The average Bonchev–Trinajstić information content (AvgIpc) is 3.08. The number of rotatable bonds is 6. The molecule has 124 valence electrons. The van der Waals surface area contributed by atoms with Crippen LogP contribution in [0.4, 0.5) is 0 Å². The maximum Gasteiger partial charge on any atom is 0.191 e. The summed E-state index contributed by atoms with van der Waals surface area (Å²) in [6.45, 7) is 5.99. The summed E-state index contributed by atoms with van der Waals surface area (Å²) in [5.41, 5.74) is 1.20. The smallest absolute Gasteiger partial charge is 0.191 e. The van der Waals surface area contributed by atoms with Crippen molar-refractivity contribution in [3.05, 3.63) is 52.2 Å². The van der Waals surface area contributed by atoms with Gasteiger partial charge in [-0.25, -0.2) is 0 Å². The Balaban J connectivity index is 1.93. The number of ether oxygens (including phenoxy) is 1. The van der Waals surface area contributed by atoms with Crippen LogP contribution in [-0.2, 0) is 12.0 Å². The first-order valence-corrected chi connectivity index (χ1v) is 8.54.